The quantitative estimate of drug-likeness (QED) is 0.925. The minimum atomic E-state index is -0.902. The summed E-state index contributed by atoms with van der Waals surface area (Å²) in [5.74, 6) is -0.0232. The summed E-state index contributed by atoms with van der Waals surface area (Å²) in [5.41, 5.74) is 3.62. The summed E-state index contributed by atoms with van der Waals surface area (Å²) in [5, 5.41) is 9.30. The summed E-state index contributed by atoms with van der Waals surface area (Å²) in [4.78, 5) is 11.3. The van der Waals surface area contributed by atoms with Gasteiger partial charge in [0.25, 0.3) is 0 Å². The van der Waals surface area contributed by atoms with E-state index in [0.717, 1.165) is 30.6 Å². The maximum atomic E-state index is 11.3. The zero-order chi connectivity index (χ0) is 14.8. The molecule has 1 atom stereocenters. The van der Waals surface area contributed by atoms with Crippen LogP contribution in [0.15, 0.2) is 42.5 Å². The van der Waals surface area contributed by atoms with Gasteiger partial charge < -0.3 is 9.84 Å². The van der Waals surface area contributed by atoms with Gasteiger partial charge in [0.15, 0.2) is 0 Å². The third-order valence-electron chi connectivity index (χ3n) is 4.02. The fraction of sp³-hybridized carbons (Fsp3) is 0.278. The molecule has 0 radical (unpaired) electrons. The number of carboxylic acid groups (broad SMARTS) is 1. The SMILES string of the molecule is CCc1ccc2c(c1)CCC(c1ccccc1C(=O)O)O2. The van der Waals surface area contributed by atoms with Crippen molar-refractivity contribution in [1.29, 1.82) is 0 Å². The number of ether oxygens (including phenoxy) is 1. The maximum Gasteiger partial charge on any atom is 0.336 e. The Balaban J connectivity index is 1.92. The van der Waals surface area contributed by atoms with E-state index in [2.05, 4.69) is 19.1 Å². The third-order valence-corrected chi connectivity index (χ3v) is 4.02. The summed E-state index contributed by atoms with van der Waals surface area (Å²) < 4.78 is 6.04. The molecule has 3 heteroatoms. The predicted octanol–water partition coefficient (Wildman–Crippen LogP) is 4.01. The molecule has 0 amide bonds. The largest absolute Gasteiger partial charge is 0.485 e. The van der Waals surface area contributed by atoms with Crippen molar-refractivity contribution >= 4 is 5.97 Å². The average Bonchev–Trinajstić information content (AvgIpc) is 2.53. The van der Waals surface area contributed by atoms with Crippen molar-refractivity contribution in [2.45, 2.75) is 32.3 Å². The molecule has 108 valence electrons. The van der Waals surface area contributed by atoms with Gasteiger partial charge in [-0.3, -0.25) is 0 Å². The van der Waals surface area contributed by atoms with Gasteiger partial charge in [0.1, 0.15) is 11.9 Å². The lowest BCUT2D eigenvalue weighted by molar-refractivity contribution is 0.0689. The first kappa shape index (κ1) is 13.7. The van der Waals surface area contributed by atoms with Gasteiger partial charge in [0, 0.05) is 5.56 Å². The topological polar surface area (TPSA) is 46.5 Å². The fourth-order valence-electron chi connectivity index (χ4n) is 2.85. The van der Waals surface area contributed by atoms with Crippen molar-refractivity contribution in [2.24, 2.45) is 0 Å². The summed E-state index contributed by atoms with van der Waals surface area (Å²) in [6.45, 7) is 2.14. The van der Waals surface area contributed by atoms with Crippen LogP contribution in [-0.4, -0.2) is 11.1 Å². The van der Waals surface area contributed by atoms with Crippen molar-refractivity contribution in [2.75, 3.05) is 0 Å². The minimum Gasteiger partial charge on any atom is -0.485 e. The summed E-state index contributed by atoms with van der Waals surface area (Å²) in [7, 11) is 0. The number of carbonyl (C=O) groups is 1. The Hall–Kier alpha value is -2.29. The lowest BCUT2D eigenvalue weighted by Gasteiger charge is -2.27. The van der Waals surface area contributed by atoms with Gasteiger partial charge in [-0.05, 0) is 42.5 Å². The van der Waals surface area contributed by atoms with Crippen LogP contribution in [0.2, 0.25) is 0 Å². The first-order chi connectivity index (χ1) is 10.2. The van der Waals surface area contributed by atoms with Crippen LogP contribution in [0.4, 0.5) is 0 Å². The van der Waals surface area contributed by atoms with Crippen LogP contribution in [0.1, 0.15) is 46.5 Å². The Bertz CT molecular complexity index is 676. The Kier molecular flexibility index (Phi) is 3.65. The second-order valence-electron chi connectivity index (χ2n) is 5.33. The fourth-order valence-corrected chi connectivity index (χ4v) is 2.85. The molecular formula is C18H18O3. The second-order valence-corrected chi connectivity index (χ2v) is 5.33. The monoisotopic (exact) mass is 282 g/mol. The molecule has 0 aromatic heterocycles. The number of aromatic carboxylic acids is 1. The maximum absolute atomic E-state index is 11.3. The van der Waals surface area contributed by atoms with Crippen molar-refractivity contribution in [1.82, 2.24) is 0 Å². The van der Waals surface area contributed by atoms with E-state index >= 15 is 0 Å². The Labute approximate surface area is 124 Å². The van der Waals surface area contributed by atoms with Crippen molar-refractivity contribution in [3.63, 3.8) is 0 Å². The number of fused-ring (bicyclic) bond motifs is 1. The highest BCUT2D eigenvalue weighted by molar-refractivity contribution is 5.89. The molecule has 21 heavy (non-hydrogen) atoms. The molecule has 1 heterocycles. The summed E-state index contributed by atoms with van der Waals surface area (Å²) in [6.07, 6.45) is 2.56. The predicted molar refractivity (Wildman–Crippen MR) is 80.9 cm³/mol. The molecule has 2 aromatic rings. The van der Waals surface area contributed by atoms with Gasteiger partial charge in [0.2, 0.25) is 0 Å². The molecule has 0 spiro atoms. The average molecular weight is 282 g/mol. The highest BCUT2D eigenvalue weighted by Crippen LogP contribution is 2.36. The van der Waals surface area contributed by atoms with Crippen LogP contribution in [0.25, 0.3) is 0 Å². The molecule has 1 aliphatic heterocycles. The molecule has 0 bridgehead atoms. The normalized spacial score (nSPS) is 16.9. The number of benzene rings is 2. The zero-order valence-corrected chi connectivity index (χ0v) is 12.0. The van der Waals surface area contributed by atoms with E-state index in [4.69, 9.17) is 4.74 Å². The highest BCUT2D eigenvalue weighted by atomic mass is 16.5. The summed E-state index contributed by atoms with van der Waals surface area (Å²) in [6, 6.07) is 13.4. The van der Waals surface area contributed by atoms with E-state index in [-0.39, 0.29) is 6.10 Å². The van der Waals surface area contributed by atoms with Gasteiger partial charge in [-0.2, -0.15) is 0 Å². The van der Waals surface area contributed by atoms with Crippen molar-refractivity contribution in [3.8, 4) is 5.75 Å². The number of aryl methyl sites for hydroxylation is 2. The summed E-state index contributed by atoms with van der Waals surface area (Å²) >= 11 is 0. The number of hydrogen-bond donors (Lipinski definition) is 1. The van der Waals surface area contributed by atoms with Crippen molar-refractivity contribution in [3.05, 3.63) is 64.7 Å². The van der Waals surface area contributed by atoms with Gasteiger partial charge in [-0.15, -0.1) is 0 Å². The van der Waals surface area contributed by atoms with Crippen LogP contribution in [-0.2, 0) is 12.8 Å². The van der Waals surface area contributed by atoms with Gasteiger partial charge in [-0.1, -0.05) is 37.3 Å². The molecule has 1 unspecified atom stereocenters. The smallest absolute Gasteiger partial charge is 0.336 e. The zero-order valence-electron chi connectivity index (χ0n) is 12.0. The minimum absolute atomic E-state index is 0.183. The Morgan fingerprint density at radius 3 is 2.86 bits per heavy atom. The van der Waals surface area contributed by atoms with E-state index in [1.165, 1.54) is 11.1 Å². The van der Waals surface area contributed by atoms with Crippen LogP contribution in [0, 0.1) is 0 Å². The molecule has 0 fully saturated rings. The van der Waals surface area contributed by atoms with Crippen LogP contribution in [0.5, 0.6) is 5.75 Å². The molecule has 3 nitrogen and oxygen atoms in total. The first-order valence-corrected chi connectivity index (χ1v) is 7.29. The molecule has 0 aliphatic carbocycles. The molecule has 0 saturated heterocycles. The van der Waals surface area contributed by atoms with E-state index in [0.29, 0.717) is 5.56 Å². The molecule has 1 aliphatic rings. The first-order valence-electron chi connectivity index (χ1n) is 7.29. The van der Waals surface area contributed by atoms with Gasteiger partial charge in [0.05, 0.1) is 5.56 Å². The Morgan fingerprint density at radius 2 is 2.10 bits per heavy atom. The van der Waals surface area contributed by atoms with Crippen LogP contribution < -0.4 is 4.74 Å². The molecular weight excluding hydrogens is 264 g/mol. The van der Waals surface area contributed by atoms with Crippen LogP contribution >= 0.6 is 0 Å². The van der Waals surface area contributed by atoms with E-state index < -0.39 is 5.97 Å². The van der Waals surface area contributed by atoms with Crippen molar-refractivity contribution < 1.29 is 14.6 Å². The molecule has 3 rings (SSSR count). The standard InChI is InChI=1S/C18H18O3/c1-2-12-7-9-16-13(11-12)8-10-17(21-16)14-5-3-4-6-15(14)18(19)20/h3-7,9,11,17H,2,8,10H2,1H3,(H,19,20). The van der Waals surface area contributed by atoms with Crippen LogP contribution in [0.3, 0.4) is 0 Å². The lowest BCUT2D eigenvalue weighted by atomic mass is 9.93. The van der Waals surface area contributed by atoms with Gasteiger partial charge >= 0.3 is 5.97 Å². The number of rotatable bonds is 3. The highest BCUT2D eigenvalue weighted by Gasteiger charge is 2.25. The molecule has 0 saturated carbocycles. The third kappa shape index (κ3) is 2.64. The van der Waals surface area contributed by atoms with E-state index in [1.807, 2.05) is 18.2 Å². The second kappa shape index (κ2) is 5.60. The van der Waals surface area contributed by atoms with Gasteiger partial charge in [-0.25, -0.2) is 4.79 Å². The number of carboxylic acids is 1. The van der Waals surface area contributed by atoms with E-state index in [1.54, 1.807) is 12.1 Å². The number of hydrogen-bond acceptors (Lipinski definition) is 2. The lowest BCUT2D eigenvalue weighted by Crippen LogP contribution is -2.18. The Morgan fingerprint density at radius 1 is 1.29 bits per heavy atom. The molecule has 1 N–H and O–H groups in total. The van der Waals surface area contributed by atoms with E-state index in [9.17, 15) is 9.90 Å². The molecule has 2 aromatic carbocycles.